The fourth-order valence-electron chi connectivity index (χ4n) is 3.94. The molecule has 2 heterocycles. The summed E-state index contributed by atoms with van der Waals surface area (Å²) in [4.78, 5) is 28.0. The van der Waals surface area contributed by atoms with E-state index in [2.05, 4.69) is 5.32 Å². The molecule has 5 aromatic rings. The number of thiophene rings is 1. The average Bonchev–Trinajstić information content (AvgIpc) is 3.41. The van der Waals surface area contributed by atoms with Crippen molar-refractivity contribution in [1.29, 1.82) is 0 Å². The first-order chi connectivity index (χ1) is 16.9. The molecule has 0 aliphatic carbocycles. The van der Waals surface area contributed by atoms with E-state index in [0.29, 0.717) is 27.2 Å². The van der Waals surface area contributed by atoms with Crippen LogP contribution >= 0.6 is 22.9 Å². The molecule has 0 radical (unpaired) electrons. The van der Waals surface area contributed by atoms with E-state index in [0.717, 1.165) is 21.1 Å². The third-order valence-electron chi connectivity index (χ3n) is 5.52. The monoisotopic (exact) mass is 504 g/mol. The minimum Gasteiger partial charge on any atom is -0.494 e. The minimum absolute atomic E-state index is 0.0231. The average molecular weight is 505 g/mol. The summed E-state index contributed by atoms with van der Waals surface area (Å²) in [5, 5.41) is 14.3. The minimum atomic E-state index is -0.740. The number of fused-ring (bicyclic) bond motifs is 1. The second kappa shape index (κ2) is 9.37. The van der Waals surface area contributed by atoms with Crippen molar-refractivity contribution in [2.75, 3.05) is 5.32 Å². The fraction of sp³-hybridized carbons (Fsp3) is 0.0370. The summed E-state index contributed by atoms with van der Waals surface area (Å²) >= 11 is 7.51. The number of aromatic hydroxyl groups is 1. The van der Waals surface area contributed by atoms with Crippen LogP contribution in [0.4, 0.5) is 14.9 Å². The number of halogens is 2. The SMILES string of the molecule is O=C(c1ccc(Cc2ccccc2)s1)c1c(O)n(C(=O)Nc2cccc(F)c2)c2ccc(Cl)cc12. The molecule has 174 valence electrons. The Bertz CT molecular complexity index is 1580. The highest BCUT2D eigenvalue weighted by atomic mass is 35.5. The lowest BCUT2D eigenvalue weighted by Crippen LogP contribution is -2.19. The van der Waals surface area contributed by atoms with Crippen molar-refractivity contribution in [1.82, 2.24) is 4.57 Å². The van der Waals surface area contributed by atoms with E-state index >= 15 is 0 Å². The van der Waals surface area contributed by atoms with Crippen molar-refractivity contribution < 1.29 is 19.1 Å². The van der Waals surface area contributed by atoms with Crippen LogP contribution < -0.4 is 5.32 Å². The number of carbonyl (C=O) groups is 2. The van der Waals surface area contributed by atoms with Crippen LogP contribution in [-0.4, -0.2) is 21.5 Å². The molecule has 0 saturated heterocycles. The van der Waals surface area contributed by atoms with E-state index in [9.17, 15) is 19.1 Å². The molecule has 0 aliphatic heterocycles. The molecule has 0 fully saturated rings. The number of hydrogen-bond donors (Lipinski definition) is 2. The van der Waals surface area contributed by atoms with Crippen LogP contribution in [0.1, 0.15) is 25.7 Å². The highest BCUT2D eigenvalue weighted by molar-refractivity contribution is 7.14. The molecule has 0 saturated carbocycles. The van der Waals surface area contributed by atoms with Gasteiger partial charge in [-0.05, 0) is 54.1 Å². The van der Waals surface area contributed by atoms with E-state index in [-0.39, 0.29) is 11.3 Å². The molecule has 3 aromatic carbocycles. The predicted molar refractivity (Wildman–Crippen MR) is 136 cm³/mol. The van der Waals surface area contributed by atoms with Crippen LogP contribution in [0.5, 0.6) is 5.88 Å². The quantitative estimate of drug-likeness (QED) is 0.251. The number of ketones is 1. The van der Waals surface area contributed by atoms with Crippen molar-refractivity contribution in [3.63, 3.8) is 0 Å². The van der Waals surface area contributed by atoms with Gasteiger partial charge in [0.05, 0.1) is 16.0 Å². The van der Waals surface area contributed by atoms with Crippen molar-refractivity contribution in [3.05, 3.63) is 117 Å². The number of amides is 1. The lowest BCUT2D eigenvalue weighted by atomic mass is 10.1. The molecule has 1 amide bonds. The maximum absolute atomic E-state index is 13.6. The summed E-state index contributed by atoms with van der Waals surface area (Å²) in [5.41, 5.74) is 1.60. The Morgan fingerprint density at radius 1 is 0.971 bits per heavy atom. The fourth-order valence-corrected chi connectivity index (χ4v) is 5.10. The molecule has 0 aliphatic rings. The van der Waals surface area contributed by atoms with Gasteiger partial charge in [-0.25, -0.2) is 13.8 Å². The smallest absolute Gasteiger partial charge is 0.333 e. The number of nitrogens with one attached hydrogen (secondary N) is 1. The molecular formula is C27H18ClFN2O3S. The number of aromatic nitrogens is 1. The summed E-state index contributed by atoms with van der Waals surface area (Å²) in [7, 11) is 0. The standard InChI is InChI=1S/C27H18ClFN2O3S/c28-17-9-11-22-21(14-17)24(26(33)31(22)27(34)30-19-8-4-7-18(29)15-19)25(32)23-12-10-20(35-23)13-16-5-2-1-3-6-16/h1-12,14-15,33H,13H2,(H,30,34). The Morgan fingerprint density at radius 2 is 1.77 bits per heavy atom. The lowest BCUT2D eigenvalue weighted by molar-refractivity contribution is 0.104. The molecular weight excluding hydrogens is 487 g/mol. The van der Waals surface area contributed by atoms with Crippen molar-refractivity contribution in [3.8, 4) is 5.88 Å². The van der Waals surface area contributed by atoms with E-state index in [1.54, 1.807) is 18.2 Å². The summed E-state index contributed by atoms with van der Waals surface area (Å²) < 4.78 is 14.6. The Hall–Kier alpha value is -3.94. The molecule has 35 heavy (non-hydrogen) atoms. The highest BCUT2D eigenvalue weighted by Gasteiger charge is 2.27. The van der Waals surface area contributed by atoms with Gasteiger partial charge in [-0.15, -0.1) is 11.3 Å². The molecule has 5 nitrogen and oxygen atoms in total. The Balaban J connectivity index is 1.53. The predicted octanol–water partition coefficient (Wildman–Crippen LogP) is 7.10. The van der Waals surface area contributed by atoms with Gasteiger partial charge in [-0.1, -0.05) is 48.0 Å². The number of benzene rings is 3. The Morgan fingerprint density at radius 3 is 2.54 bits per heavy atom. The lowest BCUT2D eigenvalue weighted by Gasteiger charge is -2.08. The maximum Gasteiger partial charge on any atom is 0.333 e. The van der Waals surface area contributed by atoms with Gasteiger partial charge in [0.1, 0.15) is 5.82 Å². The van der Waals surface area contributed by atoms with Crippen LogP contribution in [-0.2, 0) is 6.42 Å². The van der Waals surface area contributed by atoms with Crippen LogP contribution in [0.3, 0.4) is 0 Å². The first kappa shape index (κ1) is 22.8. The van der Waals surface area contributed by atoms with Crippen LogP contribution in [0.2, 0.25) is 5.02 Å². The number of hydrogen-bond acceptors (Lipinski definition) is 4. The molecule has 0 bridgehead atoms. The van der Waals surface area contributed by atoms with E-state index in [1.165, 1.54) is 35.6 Å². The highest BCUT2D eigenvalue weighted by Crippen LogP contribution is 2.36. The van der Waals surface area contributed by atoms with Gasteiger partial charge < -0.3 is 10.4 Å². The Kier molecular flexibility index (Phi) is 6.11. The molecule has 5 rings (SSSR count). The van der Waals surface area contributed by atoms with Crippen LogP contribution in [0.15, 0.2) is 84.9 Å². The number of carbonyl (C=O) groups excluding carboxylic acids is 2. The number of nitrogens with zero attached hydrogens (tertiary/aromatic N) is 1. The molecule has 0 unspecified atom stereocenters. The second-order valence-electron chi connectivity index (χ2n) is 7.89. The van der Waals surface area contributed by atoms with Crippen molar-refractivity contribution >= 4 is 51.3 Å². The molecule has 2 aromatic heterocycles. The number of anilines is 1. The summed E-state index contributed by atoms with van der Waals surface area (Å²) in [6, 6.07) is 22.8. The normalized spacial score (nSPS) is 11.0. The zero-order valence-corrected chi connectivity index (χ0v) is 19.7. The van der Waals surface area contributed by atoms with Gasteiger partial charge in [0.2, 0.25) is 11.7 Å². The zero-order valence-electron chi connectivity index (χ0n) is 18.2. The van der Waals surface area contributed by atoms with Crippen LogP contribution in [0, 0.1) is 5.82 Å². The first-order valence-corrected chi connectivity index (χ1v) is 11.9. The van der Waals surface area contributed by atoms with Crippen LogP contribution in [0.25, 0.3) is 10.9 Å². The Labute approximate surface area is 209 Å². The largest absolute Gasteiger partial charge is 0.494 e. The summed E-state index contributed by atoms with van der Waals surface area (Å²) in [5.74, 6) is -1.45. The maximum atomic E-state index is 13.6. The number of rotatable bonds is 5. The third kappa shape index (κ3) is 4.56. The van der Waals surface area contributed by atoms with E-state index in [1.807, 2.05) is 36.4 Å². The first-order valence-electron chi connectivity index (χ1n) is 10.7. The van der Waals surface area contributed by atoms with Gasteiger partial charge in [0.15, 0.2) is 0 Å². The van der Waals surface area contributed by atoms with Crippen molar-refractivity contribution in [2.24, 2.45) is 0 Å². The summed E-state index contributed by atoms with van der Waals surface area (Å²) in [6.07, 6.45) is 0.675. The molecule has 2 N–H and O–H groups in total. The topological polar surface area (TPSA) is 71.3 Å². The van der Waals surface area contributed by atoms with E-state index < -0.39 is 23.5 Å². The van der Waals surface area contributed by atoms with Gasteiger partial charge in [0, 0.05) is 27.4 Å². The van der Waals surface area contributed by atoms with Crippen molar-refractivity contribution in [2.45, 2.75) is 6.42 Å². The molecule has 8 heteroatoms. The third-order valence-corrected chi connectivity index (χ3v) is 6.84. The molecule has 0 spiro atoms. The summed E-state index contributed by atoms with van der Waals surface area (Å²) in [6.45, 7) is 0. The molecule has 0 atom stereocenters. The second-order valence-corrected chi connectivity index (χ2v) is 9.50. The van der Waals surface area contributed by atoms with Gasteiger partial charge in [-0.2, -0.15) is 0 Å². The van der Waals surface area contributed by atoms with E-state index in [4.69, 9.17) is 11.6 Å². The zero-order chi connectivity index (χ0) is 24.5. The van der Waals surface area contributed by atoms with Gasteiger partial charge in [0.25, 0.3) is 0 Å². The van der Waals surface area contributed by atoms with Gasteiger partial charge in [-0.3, -0.25) is 4.79 Å². The van der Waals surface area contributed by atoms with Gasteiger partial charge >= 0.3 is 6.03 Å².